The molecule has 36 heavy (non-hydrogen) atoms. The second-order valence-electron chi connectivity index (χ2n) is 9.63. The third-order valence-electron chi connectivity index (χ3n) is 6.83. The van der Waals surface area contributed by atoms with Crippen LogP contribution in [0.2, 0.25) is 0 Å². The highest BCUT2D eigenvalue weighted by molar-refractivity contribution is 5.84. The predicted octanol–water partition coefficient (Wildman–Crippen LogP) is 7.40. The number of anilines is 1. The van der Waals surface area contributed by atoms with Gasteiger partial charge < -0.3 is 10.6 Å². The summed E-state index contributed by atoms with van der Waals surface area (Å²) in [5.74, 6) is 0.705. The maximum atomic E-state index is 4.80. The highest BCUT2D eigenvalue weighted by Gasteiger charge is 2.16. The van der Waals surface area contributed by atoms with Crippen LogP contribution < -0.4 is 10.6 Å². The molecular formula is C30H44N6. The third kappa shape index (κ3) is 6.54. The summed E-state index contributed by atoms with van der Waals surface area (Å²) in [7, 11) is 0. The van der Waals surface area contributed by atoms with E-state index in [0.29, 0.717) is 18.0 Å². The van der Waals surface area contributed by atoms with Gasteiger partial charge in [0.25, 0.3) is 0 Å². The van der Waals surface area contributed by atoms with E-state index in [1.54, 1.807) is 0 Å². The molecule has 1 unspecified atom stereocenters. The summed E-state index contributed by atoms with van der Waals surface area (Å²) < 4.78 is 1.92. The lowest BCUT2D eigenvalue weighted by atomic mass is 9.98. The van der Waals surface area contributed by atoms with E-state index >= 15 is 0 Å². The van der Waals surface area contributed by atoms with Crippen molar-refractivity contribution >= 4 is 22.7 Å². The lowest BCUT2D eigenvalue weighted by Gasteiger charge is -2.20. The van der Waals surface area contributed by atoms with Gasteiger partial charge >= 0.3 is 0 Å². The van der Waals surface area contributed by atoms with Crippen LogP contribution in [0.3, 0.4) is 0 Å². The number of hydrogen-bond donors (Lipinski definition) is 2. The number of nitrogens with zero attached hydrogens (tertiary/aromatic N) is 4. The highest BCUT2D eigenvalue weighted by Crippen LogP contribution is 2.28. The molecule has 0 spiro atoms. The van der Waals surface area contributed by atoms with Gasteiger partial charge in [-0.2, -0.15) is 5.10 Å². The topological polar surface area (TPSA) is 67.1 Å². The van der Waals surface area contributed by atoms with Crippen LogP contribution in [0.5, 0.6) is 0 Å². The minimum atomic E-state index is 0.403. The van der Waals surface area contributed by atoms with Gasteiger partial charge in [-0.15, -0.1) is 0 Å². The van der Waals surface area contributed by atoms with Crippen molar-refractivity contribution in [1.82, 2.24) is 24.9 Å². The standard InChI is InChI=1S/C30H44N6/c1-8-13-24(11-4)35-30-31-19-27(21(6)34-30)26(12-5)23-16-17-36-29(18-23)28(20-32-36)22(7)33-25(14-9-2)15-10-3/h12,16-20,24-25,33H,7-11,13-15H2,1-6H3,(H,31,34,35)/b26-12-. The molecule has 3 rings (SSSR count). The van der Waals surface area contributed by atoms with Crippen molar-refractivity contribution in [2.45, 2.75) is 98.6 Å². The zero-order valence-corrected chi connectivity index (χ0v) is 23.1. The van der Waals surface area contributed by atoms with Gasteiger partial charge in [0.05, 0.1) is 17.4 Å². The Morgan fingerprint density at radius 2 is 1.72 bits per heavy atom. The fourth-order valence-electron chi connectivity index (χ4n) is 4.88. The largest absolute Gasteiger partial charge is 0.382 e. The minimum absolute atomic E-state index is 0.403. The monoisotopic (exact) mass is 488 g/mol. The first-order chi connectivity index (χ1) is 17.4. The molecule has 0 aliphatic heterocycles. The molecule has 0 amide bonds. The quantitative estimate of drug-likeness (QED) is 0.247. The number of fused-ring (bicyclic) bond motifs is 1. The van der Waals surface area contributed by atoms with E-state index in [2.05, 4.69) is 87.0 Å². The van der Waals surface area contributed by atoms with Gasteiger partial charge in [-0.25, -0.2) is 14.5 Å². The molecule has 194 valence electrons. The summed E-state index contributed by atoms with van der Waals surface area (Å²) in [5, 5.41) is 11.7. The number of aryl methyl sites for hydroxylation is 1. The average molecular weight is 489 g/mol. The summed E-state index contributed by atoms with van der Waals surface area (Å²) in [4.78, 5) is 9.46. The van der Waals surface area contributed by atoms with Crippen LogP contribution in [0, 0.1) is 6.92 Å². The van der Waals surface area contributed by atoms with E-state index in [1.165, 1.54) is 0 Å². The molecule has 0 aliphatic carbocycles. The molecule has 6 heteroatoms. The van der Waals surface area contributed by atoms with Gasteiger partial charge in [0, 0.05) is 41.3 Å². The Labute approximate surface area is 217 Å². The second kappa shape index (κ2) is 13.2. The van der Waals surface area contributed by atoms with Gasteiger partial charge in [0.15, 0.2) is 0 Å². The summed E-state index contributed by atoms with van der Waals surface area (Å²) in [6.45, 7) is 17.4. The fourth-order valence-corrected chi connectivity index (χ4v) is 4.88. The summed E-state index contributed by atoms with van der Waals surface area (Å²) >= 11 is 0. The molecule has 0 saturated heterocycles. The smallest absolute Gasteiger partial charge is 0.223 e. The Hall–Kier alpha value is -3.15. The van der Waals surface area contributed by atoms with Gasteiger partial charge in [0.1, 0.15) is 0 Å². The van der Waals surface area contributed by atoms with Crippen LogP contribution in [0.1, 0.15) is 102 Å². The number of pyridine rings is 1. The number of nitrogens with one attached hydrogen (secondary N) is 2. The molecule has 0 aromatic carbocycles. The van der Waals surface area contributed by atoms with Crippen molar-refractivity contribution in [3.63, 3.8) is 0 Å². The van der Waals surface area contributed by atoms with Crippen LogP contribution in [0.4, 0.5) is 5.95 Å². The Balaban J connectivity index is 1.89. The minimum Gasteiger partial charge on any atom is -0.382 e. The maximum Gasteiger partial charge on any atom is 0.223 e. The van der Waals surface area contributed by atoms with Gasteiger partial charge in [-0.3, -0.25) is 0 Å². The first-order valence-electron chi connectivity index (χ1n) is 13.7. The number of allylic oxidation sites excluding steroid dienone is 1. The van der Waals surface area contributed by atoms with Crippen LogP contribution >= 0.6 is 0 Å². The first kappa shape index (κ1) is 27.4. The van der Waals surface area contributed by atoms with Crippen molar-refractivity contribution in [1.29, 1.82) is 0 Å². The summed E-state index contributed by atoms with van der Waals surface area (Å²) in [6, 6.07) is 5.14. The molecule has 0 radical (unpaired) electrons. The SMILES string of the molecule is C=C(NC(CCC)CCC)c1cnn2ccc(/C(=C/C)c3cnc(NC(CC)CCC)nc3C)cc12. The average Bonchev–Trinajstić information content (AvgIpc) is 3.29. The first-order valence-corrected chi connectivity index (χ1v) is 13.7. The maximum absolute atomic E-state index is 4.80. The fraction of sp³-hybridized carbons (Fsp3) is 0.500. The van der Waals surface area contributed by atoms with E-state index in [1.807, 2.05) is 23.1 Å². The van der Waals surface area contributed by atoms with Gasteiger partial charge in [0.2, 0.25) is 5.95 Å². The molecule has 0 fully saturated rings. The molecule has 0 bridgehead atoms. The Bertz CT molecular complexity index is 1170. The molecule has 1 atom stereocenters. The summed E-state index contributed by atoms with van der Waals surface area (Å²) in [6.07, 6.45) is 15.9. The number of rotatable bonds is 14. The highest BCUT2D eigenvalue weighted by atomic mass is 15.2. The molecule has 0 aliphatic rings. The van der Waals surface area contributed by atoms with Gasteiger partial charge in [-0.05, 0) is 62.8 Å². The van der Waals surface area contributed by atoms with Crippen molar-refractivity contribution < 1.29 is 0 Å². The lowest BCUT2D eigenvalue weighted by Crippen LogP contribution is -2.27. The van der Waals surface area contributed by atoms with E-state index in [4.69, 9.17) is 4.98 Å². The Kier molecular flexibility index (Phi) is 10.1. The van der Waals surface area contributed by atoms with Crippen molar-refractivity contribution in [3.8, 4) is 0 Å². The van der Waals surface area contributed by atoms with Crippen molar-refractivity contribution in [2.75, 3.05) is 5.32 Å². The van der Waals surface area contributed by atoms with Crippen molar-refractivity contribution in [3.05, 3.63) is 65.8 Å². The van der Waals surface area contributed by atoms with Crippen LogP contribution in [0.25, 0.3) is 16.8 Å². The second-order valence-corrected chi connectivity index (χ2v) is 9.63. The Morgan fingerprint density at radius 1 is 1.03 bits per heavy atom. The third-order valence-corrected chi connectivity index (χ3v) is 6.83. The van der Waals surface area contributed by atoms with Crippen LogP contribution in [-0.2, 0) is 0 Å². The molecule has 6 nitrogen and oxygen atoms in total. The summed E-state index contributed by atoms with van der Waals surface area (Å²) in [5.41, 5.74) is 7.25. The molecule has 3 aromatic heterocycles. The zero-order valence-electron chi connectivity index (χ0n) is 23.1. The van der Waals surface area contributed by atoms with E-state index in [0.717, 1.165) is 84.1 Å². The molecule has 2 N–H and O–H groups in total. The van der Waals surface area contributed by atoms with Gasteiger partial charge in [-0.1, -0.05) is 59.6 Å². The van der Waals surface area contributed by atoms with E-state index in [9.17, 15) is 0 Å². The lowest BCUT2D eigenvalue weighted by molar-refractivity contribution is 0.502. The van der Waals surface area contributed by atoms with Crippen molar-refractivity contribution in [2.24, 2.45) is 0 Å². The zero-order chi connectivity index (χ0) is 26.1. The normalized spacial score (nSPS) is 12.8. The van der Waals surface area contributed by atoms with E-state index in [-0.39, 0.29) is 0 Å². The Morgan fingerprint density at radius 3 is 2.33 bits per heavy atom. The van der Waals surface area contributed by atoms with E-state index < -0.39 is 0 Å². The number of hydrogen-bond acceptors (Lipinski definition) is 5. The van der Waals surface area contributed by atoms with Crippen LogP contribution in [0.15, 0.2) is 43.4 Å². The molecule has 0 saturated carbocycles. The predicted molar refractivity (Wildman–Crippen MR) is 153 cm³/mol. The number of aromatic nitrogens is 4. The van der Waals surface area contributed by atoms with Crippen LogP contribution in [-0.4, -0.2) is 31.7 Å². The molecule has 3 heterocycles. The molecule has 3 aromatic rings. The molecular weight excluding hydrogens is 444 g/mol.